The molecule has 0 radical (unpaired) electrons. The standard InChI is InChI=1S/C17H26N4O2S/c1-2-7-13-12-15(22)21-17(19-13)24-16(20-21)18-10-11-23-14-8-5-3-4-6-9-14/h12,14H,2-11H2,1H3,(H,18,20). The highest BCUT2D eigenvalue weighted by atomic mass is 32.1. The minimum atomic E-state index is -0.109. The van der Waals surface area contributed by atoms with Gasteiger partial charge in [-0.05, 0) is 19.3 Å². The highest BCUT2D eigenvalue weighted by Crippen LogP contribution is 2.20. The van der Waals surface area contributed by atoms with Gasteiger partial charge in [-0.2, -0.15) is 4.52 Å². The number of aromatic nitrogens is 3. The van der Waals surface area contributed by atoms with Crippen molar-refractivity contribution in [1.29, 1.82) is 0 Å². The van der Waals surface area contributed by atoms with Gasteiger partial charge in [-0.3, -0.25) is 4.79 Å². The second-order valence-electron chi connectivity index (χ2n) is 6.35. The van der Waals surface area contributed by atoms with E-state index in [9.17, 15) is 4.79 Å². The predicted molar refractivity (Wildman–Crippen MR) is 97.1 cm³/mol. The lowest BCUT2D eigenvalue weighted by atomic mass is 10.1. The minimum Gasteiger partial charge on any atom is -0.376 e. The Bertz CT molecular complexity index is 704. The third-order valence-electron chi connectivity index (χ3n) is 4.34. The smallest absolute Gasteiger partial charge is 0.275 e. The van der Waals surface area contributed by atoms with Crippen LogP contribution in [0.15, 0.2) is 10.9 Å². The van der Waals surface area contributed by atoms with E-state index in [-0.39, 0.29) is 5.56 Å². The molecule has 0 aromatic carbocycles. The van der Waals surface area contributed by atoms with Gasteiger partial charge in [-0.25, -0.2) is 4.98 Å². The fourth-order valence-electron chi connectivity index (χ4n) is 3.10. The molecule has 2 aromatic heterocycles. The molecule has 6 nitrogen and oxygen atoms in total. The first-order valence-corrected chi connectivity index (χ1v) is 9.83. The molecule has 24 heavy (non-hydrogen) atoms. The summed E-state index contributed by atoms with van der Waals surface area (Å²) < 4.78 is 7.34. The molecule has 0 spiro atoms. The van der Waals surface area contributed by atoms with Gasteiger partial charge in [0.15, 0.2) is 0 Å². The molecular weight excluding hydrogens is 324 g/mol. The third-order valence-corrected chi connectivity index (χ3v) is 5.20. The largest absolute Gasteiger partial charge is 0.376 e. The lowest BCUT2D eigenvalue weighted by molar-refractivity contribution is 0.0501. The van der Waals surface area contributed by atoms with E-state index in [1.807, 2.05) is 0 Å². The Morgan fingerprint density at radius 1 is 1.33 bits per heavy atom. The first kappa shape index (κ1) is 17.4. The molecule has 1 aliphatic rings. The van der Waals surface area contributed by atoms with E-state index in [2.05, 4.69) is 22.3 Å². The molecule has 3 rings (SSSR count). The fraction of sp³-hybridized carbons (Fsp3) is 0.706. The van der Waals surface area contributed by atoms with Crippen molar-refractivity contribution >= 4 is 21.4 Å². The Kier molecular flexibility index (Phi) is 6.20. The van der Waals surface area contributed by atoms with Crippen molar-refractivity contribution < 1.29 is 4.74 Å². The van der Waals surface area contributed by atoms with E-state index < -0.39 is 0 Å². The van der Waals surface area contributed by atoms with Crippen LogP contribution in [0.4, 0.5) is 5.13 Å². The van der Waals surface area contributed by atoms with Crippen molar-refractivity contribution in [3.63, 3.8) is 0 Å². The molecule has 1 saturated carbocycles. The molecule has 0 aliphatic heterocycles. The number of hydrogen-bond donors (Lipinski definition) is 1. The number of aryl methyl sites for hydroxylation is 1. The average molecular weight is 350 g/mol. The van der Waals surface area contributed by atoms with E-state index >= 15 is 0 Å². The number of nitrogens with one attached hydrogen (secondary N) is 1. The zero-order chi connectivity index (χ0) is 16.8. The monoisotopic (exact) mass is 350 g/mol. The minimum absolute atomic E-state index is 0.109. The number of rotatable bonds is 7. The first-order valence-electron chi connectivity index (χ1n) is 9.01. The summed E-state index contributed by atoms with van der Waals surface area (Å²) in [5.41, 5.74) is 0.733. The molecule has 1 N–H and O–H groups in total. The Balaban J connectivity index is 1.53. The van der Waals surface area contributed by atoms with Crippen molar-refractivity contribution in [3.8, 4) is 0 Å². The van der Waals surface area contributed by atoms with Gasteiger partial charge in [0.2, 0.25) is 10.1 Å². The van der Waals surface area contributed by atoms with Crippen molar-refractivity contribution in [1.82, 2.24) is 14.6 Å². The molecule has 2 heterocycles. The second-order valence-corrected chi connectivity index (χ2v) is 7.30. The highest BCUT2D eigenvalue weighted by Gasteiger charge is 2.12. The van der Waals surface area contributed by atoms with E-state index in [1.54, 1.807) is 6.07 Å². The molecule has 0 bridgehead atoms. The number of hydrogen-bond acceptors (Lipinski definition) is 6. The Hall–Kier alpha value is -1.47. The normalized spacial score (nSPS) is 16.4. The van der Waals surface area contributed by atoms with E-state index in [1.165, 1.54) is 54.4 Å². The van der Waals surface area contributed by atoms with Gasteiger partial charge < -0.3 is 10.1 Å². The van der Waals surface area contributed by atoms with Crippen LogP contribution in [0, 0.1) is 0 Å². The molecule has 2 aromatic rings. The summed E-state index contributed by atoms with van der Waals surface area (Å²) in [5.74, 6) is 0. The van der Waals surface area contributed by atoms with E-state index in [0.29, 0.717) is 24.2 Å². The second kappa shape index (κ2) is 8.58. The molecular formula is C17H26N4O2S. The zero-order valence-corrected chi connectivity index (χ0v) is 15.1. The summed E-state index contributed by atoms with van der Waals surface area (Å²) in [4.78, 5) is 17.2. The van der Waals surface area contributed by atoms with Gasteiger partial charge in [0.25, 0.3) is 5.56 Å². The van der Waals surface area contributed by atoms with Crippen LogP contribution < -0.4 is 10.9 Å². The summed E-state index contributed by atoms with van der Waals surface area (Å²) >= 11 is 1.41. The topological polar surface area (TPSA) is 68.5 Å². The lowest BCUT2D eigenvalue weighted by Gasteiger charge is -2.15. The Morgan fingerprint density at radius 2 is 2.12 bits per heavy atom. The van der Waals surface area contributed by atoms with Crippen LogP contribution in [0.25, 0.3) is 4.96 Å². The summed E-state index contributed by atoms with van der Waals surface area (Å²) in [5, 5.41) is 8.28. The van der Waals surface area contributed by atoms with Crippen molar-refractivity contribution in [2.75, 3.05) is 18.5 Å². The molecule has 0 saturated heterocycles. The molecule has 0 atom stereocenters. The molecule has 0 amide bonds. The highest BCUT2D eigenvalue weighted by molar-refractivity contribution is 7.20. The Morgan fingerprint density at radius 3 is 2.88 bits per heavy atom. The fourth-order valence-corrected chi connectivity index (χ4v) is 3.95. The van der Waals surface area contributed by atoms with Gasteiger partial charge >= 0.3 is 0 Å². The number of fused-ring (bicyclic) bond motifs is 1. The SMILES string of the molecule is CCCc1cc(=O)n2nc(NCCOC3CCCCCC3)sc2n1. The maximum atomic E-state index is 12.1. The zero-order valence-electron chi connectivity index (χ0n) is 14.3. The van der Waals surface area contributed by atoms with Gasteiger partial charge in [0.1, 0.15) is 0 Å². The molecule has 7 heteroatoms. The van der Waals surface area contributed by atoms with Crippen LogP contribution in [0.2, 0.25) is 0 Å². The predicted octanol–water partition coefficient (Wildman–Crippen LogP) is 3.25. The van der Waals surface area contributed by atoms with Crippen LogP contribution in [0.1, 0.15) is 57.6 Å². The van der Waals surface area contributed by atoms with Crippen molar-refractivity contribution in [3.05, 3.63) is 22.1 Å². The summed E-state index contributed by atoms with van der Waals surface area (Å²) in [6.45, 7) is 3.45. The maximum absolute atomic E-state index is 12.1. The van der Waals surface area contributed by atoms with Crippen LogP contribution >= 0.6 is 11.3 Å². The van der Waals surface area contributed by atoms with Crippen molar-refractivity contribution in [2.24, 2.45) is 0 Å². The molecule has 1 fully saturated rings. The van der Waals surface area contributed by atoms with Crippen LogP contribution in [-0.4, -0.2) is 33.9 Å². The molecule has 132 valence electrons. The summed E-state index contributed by atoms with van der Waals surface area (Å²) in [6.07, 6.45) is 9.81. The quantitative estimate of drug-likeness (QED) is 0.613. The van der Waals surface area contributed by atoms with Gasteiger partial charge in [0.05, 0.1) is 12.7 Å². The van der Waals surface area contributed by atoms with Gasteiger partial charge in [-0.1, -0.05) is 50.4 Å². The number of ether oxygens (including phenoxy) is 1. The van der Waals surface area contributed by atoms with E-state index in [0.717, 1.165) is 23.7 Å². The summed E-state index contributed by atoms with van der Waals surface area (Å²) in [7, 11) is 0. The Labute approximate surface area is 146 Å². The van der Waals surface area contributed by atoms with Crippen LogP contribution in [0.5, 0.6) is 0 Å². The molecule has 1 aliphatic carbocycles. The van der Waals surface area contributed by atoms with Gasteiger partial charge in [0, 0.05) is 18.3 Å². The lowest BCUT2D eigenvalue weighted by Crippen LogP contribution is -2.18. The first-order chi connectivity index (χ1) is 11.8. The summed E-state index contributed by atoms with van der Waals surface area (Å²) in [6, 6.07) is 1.58. The van der Waals surface area contributed by atoms with Gasteiger partial charge in [-0.15, -0.1) is 5.10 Å². The average Bonchev–Trinajstić information content (AvgIpc) is 2.80. The van der Waals surface area contributed by atoms with Crippen LogP contribution in [-0.2, 0) is 11.2 Å². The number of anilines is 1. The molecule has 0 unspecified atom stereocenters. The number of nitrogens with zero attached hydrogens (tertiary/aromatic N) is 3. The van der Waals surface area contributed by atoms with Crippen LogP contribution in [0.3, 0.4) is 0 Å². The van der Waals surface area contributed by atoms with E-state index in [4.69, 9.17) is 4.74 Å². The third kappa shape index (κ3) is 4.54. The maximum Gasteiger partial charge on any atom is 0.275 e. The van der Waals surface area contributed by atoms with Crippen molar-refractivity contribution in [2.45, 2.75) is 64.4 Å².